The van der Waals surface area contributed by atoms with E-state index < -0.39 is 24.1 Å². The molecule has 1 rings (SSSR count). The minimum absolute atomic E-state index is 0.0948. The fourth-order valence-corrected chi connectivity index (χ4v) is 1.76. The molecule has 2 nitrogen and oxygen atoms in total. The summed E-state index contributed by atoms with van der Waals surface area (Å²) in [6.45, 7) is 1.53. The third-order valence-corrected chi connectivity index (χ3v) is 2.95. The van der Waals surface area contributed by atoms with Crippen LogP contribution >= 0.6 is 15.9 Å². The SMILES string of the molecule is CCC(N)C(Oc1ccc(F)cc1Br)C(F)(F)F. The molecule has 0 saturated carbocycles. The molecule has 0 saturated heterocycles. The number of halogens is 5. The number of alkyl halides is 3. The summed E-state index contributed by atoms with van der Waals surface area (Å²) in [4.78, 5) is 0. The Balaban J connectivity index is 2.96. The molecule has 0 aliphatic carbocycles. The number of ether oxygens (including phenoxy) is 1. The van der Waals surface area contributed by atoms with E-state index in [9.17, 15) is 17.6 Å². The van der Waals surface area contributed by atoms with Gasteiger partial charge in [-0.2, -0.15) is 13.2 Å². The van der Waals surface area contributed by atoms with Gasteiger partial charge in [-0.05, 0) is 40.5 Å². The monoisotopic (exact) mass is 329 g/mol. The lowest BCUT2D eigenvalue weighted by molar-refractivity contribution is -0.201. The topological polar surface area (TPSA) is 35.2 Å². The van der Waals surface area contributed by atoms with Crippen molar-refractivity contribution in [3.8, 4) is 5.75 Å². The van der Waals surface area contributed by atoms with Gasteiger partial charge in [0.15, 0.2) is 0 Å². The van der Waals surface area contributed by atoms with Crippen LogP contribution in [0.2, 0.25) is 0 Å². The third-order valence-electron chi connectivity index (χ3n) is 2.33. The molecule has 7 heteroatoms. The zero-order valence-corrected chi connectivity index (χ0v) is 11.1. The van der Waals surface area contributed by atoms with Crippen LogP contribution in [-0.2, 0) is 0 Å². The summed E-state index contributed by atoms with van der Waals surface area (Å²) in [5.74, 6) is -0.666. The molecular formula is C11H12BrF4NO. The van der Waals surface area contributed by atoms with Crippen LogP contribution in [0.15, 0.2) is 22.7 Å². The van der Waals surface area contributed by atoms with Crippen molar-refractivity contribution >= 4 is 15.9 Å². The molecule has 0 radical (unpaired) electrons. The summed E-state index contributed by atoms with van der Waals surface area (Å²) in [5, 5.41) is 0. The highest BCUT2D eigenvalue weighted by Crippen LogP contribution is 2.32. The maximum atomic E-state index is 12.8. The minimum atomic E-state index is -4.58. The summed E-state index contributed by atoms with van der Waals surface area (Å²) < 4.78 is 56.1. The zero-order chi connectivity index (χ0) is 13.9. The number of benzene rings is 1. The normalized spacial score (nSPS) is 15.3. The molecule has 1 aromatic carbocycles. The Bertz CT molecular complexity index is 411. The van der Waals surface area contributed by atoms with Crippen LogP contribution in [0, 0.1) is 5.82 Å². The maximum Gasteiger partial charge on any atom is 0.426 e. The van der Waals surface area contributed by atoms with Crippen LogP contribution in [0.25, 0.3) is 0 Å². The molecule has 2 atom stereocenters. The lowest BCUT2D eigenvalue weighted by Crippen LogP contribution is -2.48. The first-order chi connectivity index (χ1) is 8.25. The first-order valence-corrected chi connectivity index (χ1v) is 5.99. The Labute approximate surface area is 110 Å². The van der Waals surface area contributed by atoms with Gasteiger partial charge >= 0.3 is 6.18 Å². The predicted octanol–water partition coefficient (Wildman–Crippen LogP) is 3.64. The molecule has 0 amide bonds. The zero-order valence-electron chi connectivity index (χ0n) is 9.47. The van der Waals surface area contributed by atoms with Gasteiger partial charge in [0.2, 0.25) is 6.10 Å². The molecule has 1 aromatic rings. The van der Waals surface area contributed by atoms with Gasteiger partial charge in [-0.15, -0.1) is 0 Å². The van der Waals surface area contributed by atoms with E-state index in [4.69, 9.17) is 10.5 Å². The molecule has 0 fully saturated rings. The van der Waals surface area contributed by atoms with Crippen LogP contribution in [0.5, 0.6) is 5.75 Å². The highest BCUT2D eigenvalue weighted by molar-refractivity contribution is 9.10. The smallest absolute Gasteiger partial charge is 0.426 e. The summed E-state index contributed by atoms with van der Waals surface area (Å²) in [7, 11) is 0. The van der Waals surface area contributed by atoms with E-state index >= 15 is 0 Å². The van der Waals surface area contributed by atoms with Gasteiger partial charge in [-0.25, -0.2) is 4.39 Å². The summed E-state index contributed by atoms with van der Waals surface area (Å²) in [6.07, 6.45) is -6.59. The first-order valence-electron chi connectivity index (χ1n) is 5.19. The number of rotatable bonds is 4. The summed E-state index contributed by atoms with van der Waals surface area (Å²) in [5.41, 5.74) is 5.40. The molecule has 0 aliphatic heterocycles. The minimum Gasteiger partial charge on any atom is -0.478 e. The van der Waals surface area contributed by atoms with Crippen LogP contribution in [0.4, 0.5) is 17.6 Å². The second-order valence-corrected chi connectivity index (χ2v) is 4.58. The van der Waals surface area contributed by atoms with Gasteiger partial charge in [0.05, 0.1) is 10.5 Å². The van der Waals surface area contributed by atoms with E-state index in [-0.39, 0.29) is 16.6 Å². The van der Waals surface area contributed by atoms with E-state index in [0.717, 1.165) is 18.2 Å². The maximum absolute atomic E-state index is 12.8. The molecular weight excluding hydrogens is 318 g/mol. The van der Waals surface area contributed by atoms with Crippen molar-refractivity contribution in [3.05, 3.63) is 28.5 Å². The predicted molar refractivity (Wildman–Crippen MR) is 62.8 cm³/mol. The quantitative estimate of drug-likeness (QED) is 0.856. The summed E-state index contributed by atoms with van der Waals surface area (Å²) in [6, 6.07) is 1.99. The molecule has 0 aliphatic rings. The van der Waals surface area contributed by atoms with E-state index in [1.165, 1.54) is 6.92 Å². The van der Waals surface area contributed by atoms with E-state index in [1.807, 2.05) is 0 Å². The fraction of sp³-hybridized carbons (Fsp3) is 0.455. The second kappa shape index (κ2) is 5.88. The van der Waals surface area contributed by atoms with Gasteiger partial charge in [-0.3, -0.25) is 0 Å². The first kappa shape index (κ1) is 15.2. The molecule has 2 N–H and O–H groups in total. The number of nitrogens with two attached hydrogens (primary N) is 1. The van der Waals surface area contributed by atoms with Gasteiger partial charge in [0.25, 0.3) is 0 Å². The van der Waals surface area contributed by atoms with Crippen molar-refractivity contribution in [1.29, 1.82) is 0 Å². The van der Waals surface area contributed by atoms with Crippen LogP contribution in [0.1, 0.15) is 13.3 Å². The third kappa shape index (κ3) is 3.84. The standard InChI is InChI=1S/C11H12BrF4NO/c1-2-8(17)10(11(14,15)16)18-9-4-3-6(13)5-7(9)12/h3-5,8,10H,2,17H2,1H3. The molecule has 18 heavy (non-hydrogen) atoms. The van der Waals surface area contributed by atoms with E-state index in [2.05, 4.69) is 15.9 Å². The largest absolute Gasteiger partial charge is 0.478 e. The molecule has 102 valence electrons. The molecule has 0 heterocycles. The van der Waals surface area contributed by atoms with E-state index in [1.54, 1.807) is 0 Å². The Morgan fingerprint density at radius 2 is 2.00 bits per heavy atom. The van der Waals surface area contributed by atoms with Gasteiger partial charge in [0.1, 0.15) is 11.6 Å². The van der Waals surface area contributed by atoms with Crippen LogP contribution < -0.4 is 10.5 Å². The Morgan fingerprint density at radius 3 is 2.44 bits per heavy atom. The number of hydrogen-bond donors (Lipinski definition) is 1. The lowest BCUT2D eigenvalue weighted by Gasteiger charge is -2.26. The van der Waals surface area contributed by atoms with Crippen molar-refractivity contribution in [3.63, 3.8) is 0 Å². The average Bonchev–Trinajstić information content (AvgIpc) is 2.25. The molecule has 0 spiro atoms. The van der Waals surface area contributed by atoms with Crippen molar-refractivity contribution in [2.45, 2.75) is 31.7 Å². The fourth-order valence-electron chi connectivity index (χ4n) is 1.32. The van der Waals surface area contributed by atoms with Crippen molar-refractivity contribution in [2.75, 3.05) is 0 Å². The van der Waals surface area contributed by atoms with Gasteiger partial charge in [0, 0.05) is 0 Å². The molecule has 0 aromatic heterocycles. The van der Waals surface area contributed by atoms with Gasteiger partial charge < -0.3 is 10.5 Å². The Morgan fingerprint density at radius 1 is 1.39 bits per heavy atom. The lowest BCUT2D eigenvalue weighted by atomic mass is 10.1. The van der Waals surface area contributed by atoms with Crippen LogP contribution in [-0.4, -0.2) is 18.3 Å². The van der Waals surface area contributed by atoms with Crippen LogP contribution in [0.3, 0.4) is 0 Å². The second-order valence-electron chi connectivity index (χ2n) is 3.73. The highest BCUT2D eigenvalue weighted by Gasteiger charge is 2.45. The van der Waals surface area contributed by atoms with Crippen molar-refractivity contribution in [1.82, 2.24) is 0 Å². The van der Waals surface area contributed by atoms with Crippen molar-refractivity contribution < 1.29 is 22.3 Å². The molecule has 0 bridgehead atoms. The van der Waals surface area contributed by atoms with E-state index in [0.29, 0.717) is 0 Å². The summed E-state index contributed by atoms with van der Waals surface area (Å²) >= 11 is 2.94. The molecule has 2 unspecified atom stereocenters. The number of hydrogen-bond acceptors (Lipinski definition) is 2. The van der Waals surface area contributed by atoms with Crippen molar-refractivity contribution in [2.24, 2.45) is 5.73 Å². The average molecular weight is 330 g/mol. The highest BCUT2D eigenvalue weighted by atomic mass is 79.9. The van der Waals surface area contributed by atoms with Gasteiger partial charge in [-0.1, -0.05) is 6.92 Å². The Kier molecular flexibility index (Phi) is 4.98. The Hall–Kier alpha value is -0.820.